The number of nitrogens with one attached hydrogen (secondary N) is 1. The van der Waals surface area contributed by atoms with Gasteiger partial charge in [-0.3, -0.25) is 0 Å². The summed E-state index contributed by atoms with van der Waals surface area (Å²) in [5.74, 6) is 0.825. The van der Waals surface area contributed by atoms with Crippen LogP contribution < -0.4 is 9.46 Å². The average Bonchev–Trinajstić information content (AvgIpc) is 3.16. The van der Waals surface area contributed by atoms with E-state index in [9.17, 15) is 8.42 Å². The summed E-state index contributed by atoms with van der Waals surface area (Å²) in [5.41, 5.74) is 3.80. The number of hydrogen-bond acceptors (Lipinski definition) is 6. The van der Waals surface area contributed by atoms with Gasteiger partial charge in [-0.1, -0.05) is 0 Å². The van der Waals surface area contributed by atoms with Crippen molar-refractivity contribution in [2.24, 2.45) is 5.92 Å². The van der Waals surface area contributed by atoms with Crippen molar-refractivity contribution in [3.63, 3.8) is 0 Å². The van der Waals surface area contributed by atoms with Crippen LogP contribution in [0.3, 0.4) is 0 Å². The van der Waals surface area contributed by atoms with Gasteiger partial charge in [0.05, 0.1) is 30.2 Å². The van der Waals surface area contributed by atoms with Gasteiger partial charge in [0.2, 0.25) is 10.0 Å². The lowest BCUT2D eigenvalue weighted by Crippen LogP contribution is -2.47. The summed E-state index contributed by atoms with van der Waals surface area (Å²) in [5, 5.41) is 2.00. The fourth-order valence-corrected chi connectivity index (χ4v) is 4.21. The monoisotopic (exact) mass is 382 g/mol. The van der Waals surface area contributed by atoms with Crippen LogP contribution in [0, 0.1) is 5.92 Å². The highest BCUT2D eigenvalue weighted by atomic mass is 32.2. The summed E-state index contributed by atoms with van der Waals surface area (Å²) in [7, 11) is -3.23. The van der Waals surface area contributed by atoms with Crippen LogP contribution in [0.5, 0.6) is 5.75 Å². The van der Waals surface area contributed by atoms with Gasteiger partial charge in [0.1, 0.15) is 5.75 Å². The highest BCUT2D eigenvalue weighted by molar-refractivity contribution is 7.89. The third-order valence-electron chi connectivity index (χ3n) is 4.23. The topological polar surface area (TPSA) is 77.5 Å². The van der Waals surface area contributed by atoms with Gasteiger partial charge < -0.3 is 9.47 Å². The Kier molecular flexibility index (Phi) is 6.06. The van der Waals surface area contributed by atoms with Gasteiger partial charge >= 0.3 is 0 Å². The molecule has 0 spiro atoms. The van der Waals surface area contributed by atoms with Gasteiger partial charge in [0, 0.05) is 29.5 Å². The van der Waals surface area contributed by atoms with Crippen LogP contribution in [0.1, 0.15) is 13.3 Å². The molecule has 3 rings (SSSR count). The van der Waals surface area contributed by atoms with E-state index in [2.05, 4.69) is 9.71 Å². The maximum atomic E-state index is 11.8. The number of nitrogens with zero attached hydrogens (tertiary/aromatic N) is 1. The Morgan fingerprint density at radius 3 is 2.84 bits per heavy atom. The molecule has 1 saturated heterocycles. The standard InChI is InChI=1S/C17H22N2O4S2/c1-2-25(20,21)19-16-7-8-22-9-14(16)10-23-15-5-3-13(4-6-15)17-11-24-12-18-17/h3-6,11-12,14,16,19H,2,7-10H2,1H3/t14-,16+/m1/s1. The molecule has 8 heteroatoms. The van der Waals surface area contributed by atoms with Crippen molar-refractivity contribution in [3.05, 3.63) is 35.2 Å². The molecule has 0 bridgehead atoms. The number of sulfonamides is 1. The Morgan fingerprint density at radius 1 is 1.36 bits per heavy atom. The predicted octanol–water partition coefficient (Wildman–Crippen LogP) is 2.53. The van der Waals surface area contributed by atoms with Gasteiger partial charge in [0.25, 0.3) is 0 Å². The van der Waals surface area contributed by atoms with Crippen LogP contribution in [0.15, 0.2) is 35.2 Å². The van der Waals surface area contributed by atoms with Crippen LogP contribution in [0.2, 0.25) is 0 Å². The molecule has 1 fully saturated rings. The number of benzene rings is 1. The maximum absolute atomic E-state index is 11.8. The van der Waals surface area contributed by atoms with Gasteiger partial charge in [-0.15, -0.1) is 11.3 Å². The van der Waals surface area contributed by atoms with Crippen molar-refractivity contribution in [1.29, 1.82) is 0 Å². The first kappa shape index (κ1) is 18.3. The zero-order chi connectivity index (χ0) is 17.7. The lowest BCUT2D eigenvalue weighted by Gasteiger charge is -2.31. The molecule has 1 N–H and O–H groups in total. The number of rotatable bonds is 7. The number of ether oxygens (including phenoxy) is 2. The van der Waals surface area contributed by atoms with E-state index in [1.54, 1.807) is 23.8 Å². The number of hydrogen-bond donors (Lipinski definition) is 1. The fraction of sp³-hybridized carbons (Fsp3) is 0.471. The van der Waals surface area contributed by atoms with E-state index >= 15 is 0 Å². The second-order valence-corrected chi connectivity index (χ2v) is 8.72. The highest BCUT2D eigenvalue weighted by Crippen LogP contribution is 2.23. The smallest absolute Gasteiger partial charge is 0.211 e. The summed E-state index contributed by atoms with van der Waals surface area (Å²) >= 11 is 1.56. The lowest BCUT2D eigenvalue weighted by molar-refractivity contribution is 0.0186. The third-order valence-corrected chi connectivity index (χ3v) is 6.24. The Hall–Kier alpha value is -1.48. The molecule has 1 aliphatic heterocycles. The third kappa shape index (κ3) is 5.01. The summed E-state index contributed by atoms with van der Waals surface area (Å²) in [6.07, 6.45) is 0.663. The van der Waals surface area contributed by atoms with E-state index < -0.39 is 10.0 Å². The molecule has 0 unspecified atom stereocenters. The molecule has 0 radical (unpaired) electrons. The quantitative estimate of drug-likeness (QED) is 0.796. The summed E-state index contributed by atoms with van der Waals surface area (Å²) in [4.78, 5) is 4.28. The van der Waals surface area contributed by atoms with Gasteiger partial charge in [0.15, 0.2) is 0 Å². The Labute approximate surface area is 152 Å². The first-order valence-electron chi connectivity index (χ1n) is 8.26. The van der Waals surface area contributed by atoms with Crippen LogP contribution in [-0.2, 0) is 14.8 Å². The first-order chi connectivity index (χ1) is 12.1. The lowest BCUT2D eigenvalue weighted by atomic mass is 9.98. The maximum Gasteiger partial charge on any atom is 0.211 e. The molecule has 2 atom stereocenters. The zero-order valence-electron chi connectivity index (χ0n) is 14.1. The predicted molar refractivity (Wildman–Crippen MR) is 98.4 cm³/mol. The second-order valence-electron chi connectivity index (χ2n) is 5.96. The molecule has 6 nitrogen and oxygen atoms in total. The summed E-state index contributed by atoms with van der Waals surface area (Å²) < 4.78 is 37.8. The van der Waals surface area contributed by atoms with Gasteiger partial charge in [-0.25, -0.2) is 18.1 Å². The molecule has 2 aromatic rings. The van der Waals surface area contributed by atoms with Crippen molar-refractivity contribution >= 4 is 21.4 Å². The molecule has 0 amide bonds. The average molecular weight is 383 g/mol. The minimum Gasteiger partial charge on any atom is -0.493 e. The van der Waals surface area contributed by atoms with E-state index in [1.807, 2.05) is 29.6 Å². The highest BCUT2D eigenvalue weighted by Gasteiger charge is 2.29. The fourth-order valence-electron chi connectivity index (χ4n) is 2.71. The normalized spacial score (nSPS) is 21.2. The number of aromatic nitrogens is 1. The SMILES string of the molecule is CCS(=O)(=O)N[C@H]1CCOC[C@@H]1COc1ccc(-c2cscn2)cc1. The van der Waals surface area contributed by atoms with Crippen LogP contribution >= 0.6 is 11.3 Å². The van der Waals surface area contributed by atoms with E-state index in [-0.39, 0.29) is 17.7 Å². The largest absolute Gasteiger partial charge is 0.493 e. The van der Waals surface area contributed by atoms with Crippen molar-refractivity contribution < 1.29 is 17.9 Å². The van der Waals surface area contributed by atoms with E-state index in [1.165, 1.54) is 0 Å². The molecule has 1 aromatic carbocycles. The Balaban J connectivity index is 1.59. The summed E-state index contributed by atoms with van der Waals surface area (Å²) in [6, 6.07) is 7.61. The number of thiazole rings is 1. The van der Waals surface area contributed by atoms with E-state index in [0.717, 1.165) is 17.0 Å². The minimum absolute atomic E-state index is 0.00621. The van der Waals surface area contributed by atoms with Crippen LogP contribution in [-0.4, -0.2) is 45.0 Å². The molecule has 2 heterocycles. The van der Waals surface area contributed by atoms with Crippen LogP contribution in [0.25, 0.3) is 11.3 Å². The molecule has 0 saturated carbocycles. The molecule has 1 aliphatic rings. The first-order valence-corrected chi connectivity index (χ1v) is 10.9. The van der Waals surface area contributed by atoms with Crippen LogP contribution in [0.4, 0.5) is 0 Å². The Bertz CT molecular complexity index is 760. The molecular weight excluding hydrogens is 360 g/mol. The van der Waals surface area contributed by atoms with Crippen molar-refractivity contribution in [2.45, 2.75) is 19.4 Å². The van der Waals surface area contributed by atoms with Crippen molar-refractivity contribution in [1.82, 2.24) is 9.71 Å². The van der Waals surface area contributed by atoms with Crippen molar-refractivity contribution in [2.75, 3.05) is 25.6 Å². The van der Waals surface area contributed by atoms with Crippen molar-refractivity contribution in [3.8, 4) is 17.0 Å². The Morgan fingerprint density at radius 2 is 2.16 bits per heavy atom. The van der Waals surface area contributed by atoms with Gasteiger partial charge in [-0.05, 0) is 37.6 Å². The van der Waals surface area contributed by atoms with E-state index in [0.29, 0.717) is 26.2 Å². The molecule has 25 heavy (non-hydrogen) atoms. The molecule has 1 aromatic heterocycles. The molecule has 0 aliphatic carbocycles. The second kappa shape index (κ2) is 8.27. The molecular formula is C17H22N2O4S2. The van der Waals surface area contributed by atoms with Gasteiger partial charge in [-0.2, -0.15) is 0 Å². The summed E-state index contributed by atoms with van der Waals surface area (Å²) in [6.45, 7) is 3.10. The zero-order valence-corrected chi connectivity index (χ0v) is 15.7. The van der Waals surface area contributed by atoms with E-state index in [4.69, 9.17) is 9.47 Å². The minimum atomic E-state index is -3.23. The molecule has 136 valence electrons.